The zero-order chi connectivity index (χ0) is 13.7. The maximum atomic E-state index is 11.9. The molecule has 0 spiro atoms. The van der Waals surface area contributed by atoms with Gasteiger partial charge in [0.2, 0.25) is 5.91 Å². The molecule has 0 radical (unpaired) electrons. The van der Waals surface area contributed by atoms with E-state index >= 15 is 0 Å². The molecule has 19 heavy (non-hydrogen) atoms. The highest BCUT2D eigenvalue weighted by atomic mass is 16.5. The lowest BCUT2D eigenvalue weighted by Crippen LogP contribution is -2.43. The van der Waals surface area contributed by atoms with Crippen LogP contribution in [-0.2, 0) is 9.53 Å². The summed E-state index contributed by atoms with van der Waals surface area (Å²) >= 11 is 0. The molecule has 5 heteroatoms. The van der Waals surface area contributed by atoms with Crippen molar-refractivity contribution in [2.24, 2.45) is 0 Å². The Balaban J connectivity index is 1.90. The molecule has 2 N–H and O–H groups in total. The number of amides is 1. The number of hydrogen-bond donors (Lipinski definition) is 2. The van der Waals surface area contributed by atoms with Gasteiger partial charge in [-0.2, -0.15) is 0 Å². The van der Waals surface area contributed by atoms with Gasteiger partial charge in [0.05, 0.1) is 13.2 Å². The average Bonchev–Trinajstić information content (AvgIpc) is 2.40. The number of ketones is 1. The topological polar surface area (TPSA) is 67.4 Å². The van der Waals surface area contributed by atoms with Crippen molar-refractivity contribution >= 4 is 17.4 Å². The fourth-order valence-electron chi connectivity index (χ4n) is 2.00. The first-order chi connectivity index (χ1) is 9.15. The van der Waals surface area contributed by atoms with Crippen LogP contribution in [0.15, 0.2) is 24.3 Å². The Kier molecular flexibility index (Phi) is 4.65. The molecular weight excluding hydrogens is 244 g/mol. The van der Waals surface area contributed by atoms with Crippen LogP contribution in [0.2, 0.25) is 0 Å². The quantitative estimate of drug-likeness (QED) is 0.800. The second kappa shape index (κ2) is 6.45. The number of carbonyl (C=O) groups excluding carboxylic acids is 2. The third-order valence-electron chi connectivity index (χ3n) is 2.98. The zero-order valence-electron chi connectivity index (χ0n) is 10.9. The molecule has 5 nitrogen and oxygen atoms in total. The van der Waals surface area contributed by atoms with E-state index in [0.717, 1.165) is 6.54 Å². The van der Waals surface area contributed by atoms with E-state index in [4.69, 9.17) is 4.74 Å². The van der Waals surface area contributed by atoms with E-state index in [0.29, 0.717) is 30.9 Å². The van der Waals surface area contributed by atoms with E-state index in [1.165, 1.54) is 6.92 Å². The summed E-state index contributed by atoms with van der Waals surface area (Å²) in [6.45, 7) is 3.53. The van der Waals surface area contributed by atoms with Gasteiger partial charge in [-0.25, -0.2) is 0 Å². The molecule has 1 aliphatic rings. The molecule has 1 saturated heterocycles. The van der Waals surface area contributed by atoms with Crippen molar-refractivity contribution in [1.82, 2.24) is 5.32 Å². The summed E-state index contributed by atoms with van der Waals surface area (Å²) in [6, 6.07) is 7.01. The summed E-state index contributed by atoms with van der Waals surface area (Å²) in [4.78, 5) is 23.1. The highest BCUT2D eigenvalue weighted by Crippen LogP contribution is 2.12. The van der Waals surface area contributed by atoms with Crippen molar-refractivity contribution in [2.75, 3.05) is 25.1 Å². The molecule has 0 saturated carbocycles. The lowest BCUT2D eigenvalue weighted by Gasteiger charge is -2.23. The van der Waals surface area contributed by atoms with Gasteiger partial charge in [-0.15, -0.1) is 0 Å². The van der Waals surface area contributed by atoms with Crippen LogP contribution in [0.5, 0.6) is 0 Å². The summed E-state index contributed by atoms with van der Waals surface area (Å²) in [5.41, 5.74) is 1.24. The molecule has 1 aromatic rings. The molecule has 1 unspecified atom stereocenters. The third kappa shape index (κ3) is 4.15. The third-order valence-corrected chi connectivity index (χ3v) is 2.98. The van der Waals surface area contributed by atoms with E-state index in [1.807, 2.05) is 0 Å². The van der Waals surface area contributed by atoms with Crippen molar-refractivity contribution < 1.29 is 14.3 Å². The minimum Gasteiger partial charge on any atom is -0.378 e. The maximum absolute atomic E-state index is 11.9. The van der Waals surface area contributed by atoms with Crippen LogP contribution in [0.4, 0.5) is 5.69 Å². The molecule has 1 amide bonds. The summed E-state index contributed by atoms with van der Waals surface area (Å²) < 4.78 is 5.30. The Morgan fingerprint density at radius 3 is 3.00 bits per heavy atom. The number of hydrogen-bond acceptors (Lipinski definition) is 4. The summed E-state index contributed by atoms with van der Waals surface area (Å²) in [6.07, 6.45) is 0.365. The van der Waals surface area contributed by atoms with Crippen LogP contribution in [0, 0.1) is 0 Å². The predicted octanol–water partition coefficient (Wildman–Crippen LogP) is 1.21. The van der Waals surface area contributed by atoms with Crippen molar-refractivity contribution in [3.8, 4) is 0 Å². The average molecular weight is 262 g/mol. The highest BCUT2D eigenvalue weighted by Gasteiger charge is 2.16. The number of ether oxygens (including phenoxy) is 1. The number of nitrogens with one attached hydrogen (secondary N) is 2. The molecule has 1 heterocycles. The zero-order valence-corrected chi connectivity index (χ0v) is 10.9. The molecule has 1 aliphatic heterocycles. The first kappa shape index (κ1) is 13.7. The summed E-state index contributed by atoms with van der Waals surface area (Å²) in [5, 5.41) is 6.02. The van der Waals surface area contributed by atoms with Gasteiger partial charge in [0, 0.05) is 30.3 Å². The van der Waals surface area contributed by atoms with Gasteiger partial charge in [0.25, 0.3) is 0 Å². The molecule has 2 rings (SSSR count). The number of rotatable bonds is 4. The molecule has 0 aliphatic carbocycles. The standard InChI is InChI=1S/C14H18N2O3/c1-10(17)11-3-2-4-12(7-11)16-14(18)8-13-9-19-6-5-15-13/h2-4,7,13,15H,5-6,8-9H2,1H3,(H,16,18). The van der Waals surface area contributed by atoms with Gasteiger partial charge in [-0.3, -0.25) is 9.59 Å². The first-order valence-electron chi connectivity index (χ1n) is 6.37. The summed E-state index contributed by atoms with van der Waals surface area (Å²) in [7, 11) is 0. The van der Waals surface area contributed by atoms with Crippen molar-refractivity contribution in [2.45, 2.75) is 19.4 Å². The molecular formula is C14H18N2O3. The van der Waals surface area contributed by atoms with Gasteiger partial charge in [0.1, 0.15) is 0 Å². The van der Waals surface area contributed by atoms with Gasteiger partial charge in [-0.05, 0) is 19.1 Å². The molecule has 1 aromatic carbocycles. The van der Waals surface area contributed by atoms with E-state index < -0.39 is 0 Å². The Morgan fingerprint density at radius 2 is 2.32 bits per heavy atom. The number of benzene rings is 1. The highest BCUT2D eigenvalue weighted by molar-refractivity contribution is 5.97. The van der Waals surface area contributed by atoms with Gasteiger partial charge in [-0.1, -0.05) is 12.1 Å². The Bertz CT molecular complexity index is 468. The van der Waals surface area contributed by atoms with E-state index in [9.17, 15) is 9.59 Å². The maximum Gasteiger partial charge on any atom is 0.226 e. The van der Waals surface area contributed by atoms with E-state index in [1.54, 1.807) is 24.3 Å². The molecule has 0 aromatic heterocycles. The van der Waals surface area contributed by atoms with Crippen LogP contribution in [0.3, 0.4) is 0 Å². The minimum absolute atomic E-state index is 0.0153. The van der Waals surface area contributed by atoms with Gasteiger partial charge in [0.15, 0.2) is 5.78 Å². The van der Waals surface area contributed by atoms with Crippen LogP contribution < -0.4 is 10.6 Å². The van der Waals surface area contributed by atoms with Crippen molar-refractivity contribution in [3.63, 3.8) is 0 Å². The number of Topliss-reactive ketones (excluding diaryl/α,β-unsaturated/α-hetero) is 1. The second-order valence-corrected chi connectivity index (χ2v) is 4.62. The fourth-order valence-corrected chi connectivity index (χ4v) is 2.00. The van der Waals surface area contributed by atoms with E-state index in [2.05, 4.69) is 10.6 Å². The summed E-state index contributed by atoms with van der Waals surface area (Å²) in [5.74, 6) is -0.0952. The Labute approximate surface area is 112 Å². The normalized spacial score (nSPS) is 18.9. The van der Waals surface area contributed by atoms with Crippen LogP contribution in [-0.4, -0.2) is 37.5 Å². The largest absolute Gasteiger partial charge is 0.378 e. The predicted molar refractivity (Wildman–Crippen MR) is 72.3 cm³/mol. The molecule has 1 fully saturated rings. The molecule has 102 valence electrons. The van der Waals surface area contributed by atoms with Crippen LogP contribution in [0.1, 0.15) is 23.7 Å². The number of carbonyl (C=O) groups is 2. The molecule has 0 bridgehead atoms. The number of morpholine rings is 1. The minimum atomic E-state index is -0.0799. The first-order valence-corrected chi connectivity index (χ1v) is 6.37. The Hall–Kier alpha value is -1.72. The monoisotopic (exact) mass is 262 g/mol. The van der Waals surface area contributed by atoms with E-state index in [-0.39, 0.29) is 17.7 Å². The van der Waals surface area contributed by atoms with Gasteiger partial charge < -0.3 is 15.4 Å². The number of anilines is 1. The fraction of sp³-hybridized carbons (Fsp3) is 0.429. The van der Waals surface area contributed by atoms with Crippen molar-refractivity contribution in [3.05, 3.63) is 29.8 Å². The smallest absolute Gasteiger partial charge is 0.226 e. The van der Waals surface area contributed by atoms with Crippen molar-refractivity contribution in [1.29, 1.82) is 0 Å². The van der Waals surface area contributed by atoms with Crippen LogP contribution in [0.25, 0.3) is 0 Å². The lowest BCUT2D eigenvalue weighted by atomic mass is 10.1. The SMILES string of the molecule is CC(=O)c1cccc(NC(=O)CC2COCCN2)c1. The molecule has 1 atom stereocenters. The van der Waals surface area contributed by atoms with Crippen LogP contribution >= 0.6 is 0 Å². The van der Waals surface area contributed by atoms with Gasteiger partial charge >= 0.3 is 0 Å². The lowest BCUT2D eigenvalue weighted by molar-refractivity contribution is -0.117. The Morgan fingerprint density at radius 1 is 1.47 bits per heavy atom. The second-order valence-electron chi connectivity index (χ2n) is 4.62.